The highest BCUT2D eigenvalue weighted by atomic mass is 127. The maximum Gasteiger partial charge on any atom is 0.162 e. The van der Waals surface area contributed by atoms with Crippen molar-refractivity contribution in [2.24, 2.45) is 0 Å². The summed E-state index contributed by atoms with van der Waals surface area (Å²) in [4.78, 5) is 4.74. The van der Waals surface area contributed by atoms with E-state index < -0.39 is 6.23 Å². The second-order valence-electron chi connectivity index (χ2n) is 7.44. The molecule has 2 aromatic carbocycles. The van der Waals surface area contributed by atoms with Crippen LogP contribution in [0.15, 0.2) is 42.5 Å². The van der Waals surface area contributed by atoms with Crippen LogP contribution in [0.3, 0.4) is 0 Å². The molecule has 1 aromatic heterocycles. The van der Waals surface area contributed by atoms with E-state index in [9.17, 15) is 10.2 Å². The van der Waals surface area contributed by atoms with Gasteiger partial charge in [0, 0.05) is 32.9 Å². The highest BCUT2D eigenvalue weighted by Gasteiger charge is 2.26. The predicted molar refractivity (Wildman–Crippen MR) is 131 cm³/mol. The minimum atomic E-state index is -1.06. The number of hydrogen-bond acceptors (Lipinski definition) is 5. The molecule has 0 amide bonds. The van der Waals surface area contributed by atoms with Gasteiger partial charge in [0.05, 0.1) is 17.3 Å². The number of rotatable bonds is 6. The molecule has 0 radical (unpaired) electrons. The molecule has 1 aliphatic rings. The molecule has 164 valence electrons. The van der Waals surface area contributed by atoms with E-state index in [1.807, 2.05) is 33.8 Å². The first kappa shape index (κ1) is 23.0. The average Bonchev–Trinajstić information content (AvgIpc) is 3.14. The summed E-state index contributed by atoms with van der Waals surface area (Å²) < 4.78 is 2.92. The van der Waals surface area contributed by atoms with Gasteiger partial charge in [-0.15, -0.1) is 0 Å². The Hall–Kier alpha value is -1.20. The van der Waals surface area contributed by atoms with Gasteiger partial charge in [0.15, 0.2) is 6.23 Å². The van der Waals surface area contributed by atoms with Crippen molar-refractivity contribution in [2.75, 3.05) is 13.1 Å². The molecule has 9 heteroatoms. The number of aromatic nitrogens is 2. The minimum absolute atomic E-state index is 0.293. The number of piperidine rings is 1. The molecule has 1 atom stereocenters. The summed E-state index contributed by atoms with van der Waals surface area (Å²) >= 11 is 14.8. The number of imidazole rings is 1. The van der Waals surface area contributed by atoms with Crippen LogP contribution < -0.4 is 5.43 Å². The number of hydrazine groups is 1. The van der Waals surface area contributed by atoms with E-state index in [1.165, 1.54) is 6.42 Å². The maximum atomic E-state index is 11.0. The molecule has 31 heavy (non-hydrogen) atoms. The van der Waals surface area contributed by atoms with Gasteiger partial charge in [0.25, 0.3) is 0 Å². The fourth-order valence-corrected chi connectivity index (χ4v) is 4.67. The van der Waals surface area contributed by atoms with Gasteiger partial charge >= 0.3 is 0 Å². The minimum Gasteiger partial charge on any atom is -0.390 e. The quantitative estimate of drug-likeness (QED) is 0.289. The number of aliphatic hydroxyl groups excluding tert-OH is 2. The molecule has 0 spiro atoms. The maximum absolute atomic E-state index is 11.0. The summed E-state index contributed by atoms with van der Waals surface area (Å²) in [5, 5.41) is 24.2. The van der Waals surface area contributed by atoms with Crippen LogP contribution in [-0.2, 0) is 6.61 Å². The molecule has 1 aliphatic heterocycles. The molecular weight excluding hydrogens is 550 g/mol. The Kier molecular flexibility index (Phi) is 7.53. The second-order valence-corrected chi connectivity index (χ2v) is 9.53. The first-order chi connectivity index (χ1) is 15.0. The standard InChI is InChI=1S/C22H23Cl2IN4O2/c23-14-4-9-17(18(24)12-14)21-26-20(22(31)27-28-10-2-1-3-11-28)19(13-30)29(21)16-7-5-15(25)6-8-16/h4-9,12,22,27,30-31H,1-3,10-11,13H2. The van der Waals surface area contributed by atoms with Gasteiger partial charge in [-0.25, -0.2) is 15.4 Å². The van der Waals surface area contributed by atoms with Gasteiger partial charge in [0.1, 0.15) is 11.5 Å². The van der Waals surface area contributed by atoms with Crippen molar-refractivity contribution >= 4 is 45.8 Å². The molecule has 2 heterocycles. The monoisotopic (exact) mass is 572 g/mol. The Morgan fingerprint density at radius 1 is 1.06 bits per heavy atom. The highest BCUT2D eigenvalue weighted by molar-refractivity contribution is 14.1. The van der Waals surface area contributed by atoms with Crippen molar-refractivity contribution in [1.29, 1.82) is 0 Å². The summed E-state index contributed by atoms with van der Waals surface area (Å²) in [6, 6.07) is 13.1. The third kappa shape index (κ3) is 5.08. The summed E-state index contributed by atoms with van der Waals surface area (Å²) in [6.45, 7) is 1.43. The molecule has 1 saturated heterocycles. The van der Waals surface area contributed by atoms with Crippen molar-refractivity contribution in [2.45, 2.75) is 32.1 Å². The molecule has 6 nitrogen and oxygen atoms in total. The number of nitrogens with zero attached hydrogens (tertiary/aromatic N) is 3. The van der Waals surface area contributed by atoms with Gasteiger partial charge in [-0.2, -0.15) is 0 Å². The molecular formula is C22H23Cl2IN4O2. The molecule has 0 bridgehead atoms. The van der Waals surface area contributed by atoms with Crippen LogP contribution in [0.1, 0.15) is 36.9 Å². The van der Waals surface area contributed by atoms with E-state index in [0.29, 0.717) is 32.8 Å². The lowest BCUT2D eigenvalue weighted by molar-refractivity contribution is 0.0195. The SMILES string of the molecule is OCc1c(C(O)NN2CCCCC2)nc(-c2ccc(Cl)cc2Cl)n1-c1ccc(I)cc1. The fourth-order valence-electron chi connectivity index (χ4n) is 3.82. The van der Waals surface area contributed by atoms with Gasteiger partial charge in [-0.1, -0.05) is 29.6 Å². The Morgan fingerprint density at radius 3 is 2.42 bits per heavy atom. The smallest absolute Gasteiger partial charge is 0.162 e. The Bertz CT molecular complexity index is 1050. The van der Waals surface area contributed by atoms with Crippen LogP contribution in [0.4, 0.5) is 0 Å². The molecule has 1 unspecified atom stereocenters. The number of nitrogens with one attached hydrogen (secondary N) is 1. The molecule has 3 aromatic rings. The van der Waals surface area contributed by atoms with Gasteiger partial charge in [-0.05, 0) is 77.9 Å². The largest absolute Gasteiger partial charge is 0.390 e. The van der Waals surface area contributed by atoms with Crippen molar-refractivity contribution in [3.8, 4) is 17.1 Å². The molecule has 4 rings (SSSR count). The molecule has 0 aliphatic carbocycles. The summed E-state index contributed by atoms with van der Waals surface area (Å²) in [5.41, 5.74) is 5.48. The second kappa shape index (κ2) is 10.2. The lowest BCUT2D eigenvalue weighted by atomic mass is 10.2. The normalized spacial score (nSPS) is 15.9. The fraction of sp³-hybridized carbons (Fsp3) is 0.318. The summed E-state index contributed by atoms with van der Waals surface area (Å²) in [7, 11) is 0. The number of hydrogen-bond donors (Lipinski definition) is 3. The van der Waals surface area contributed by atoms with Crippen molar-refractivity contribution < 1.29 is 10.2 Å². The van der Waals surface area contributed by atoms with Gasteiger partial charge in [0.2, 0.25) is 0 Å². The zero-order valence-corrected chi connectivity index (χ0v) is 20.4. The van der Waals surface area contributed by atoms with Crippen molar-refractivity contribution in [1.82, 2.24) is 20.0 Å². The lowest BCUT2D eigenvalue weighted by Crippen LogP contribution is -2.43. The van der Waals surface area contributed by atoms with Crippen LogP contribution in [-0.4, -0.2) is 37.9 Å². The third-order valence-corrected chi connectivity index (χ3v) is 6.60. The van der Waals surface area contributed by atoms with E-state index in [1.54, 1.807) is 18.2 Å². The Balaban J connectivity index is 1.83. The third-order valence-electron chi connectivity index (χ3n) is 5.33. The van der Waals surface area contributed by atoms with Crippen LogP contribution in [0.25, 0.3) is 17.1 Å². The zero-order valence-electron chi connectivity index (χ0n) is 16.7. The van der Waals surface area contributed by atoms with Gasteiger partial charge < -0.3 is 10.2 Å². The topological polar surface area (TPSA) is 73.6 Å². The highest BCUT2D eigenvalue weighted by Crippen LogP contribution is 2.34. The lowest BCUT2D eigenvalue weighted by Gasteiger charge is -2.29. The van der Waals surface area contributed by atoms with E-state index in [0.717, 1.165) is 35.2 Å². The van der Waals surface area contributed by atoms with E-state index in [-0.39, 0.29) is 6.61 Å². The Labute approximate surface area is 204 Å². The number of benzene rings is 2. The zero-order chi connectivity index (χ0) is 22.0. The Morgan fingerprint density at radius 2 is 1.77 bits per heavy atom. The predicted octanol–water partition coefficient (Wildman–Crippen LogP) is 4.92. The van der Waals surface area contributed by atoms with Gasteiger partial charge in [-0.3, -0.25) is 4.57 Å². The van der Waals surface area contributed by atoms with Crippen molar-refractivity contribution in [3.63, 3.8) is 0 Å². The summed E-state index contributed by atoms with van der Waals surface area (Å²) in [5.74, 6) is 0.529. The number of halogens is 3. The molecule has 3 N–H and O–H groups in total. The van der Waals surface area contributed by atoms with E-state index in [4.69, 9.17) is 28.2 Å². The van der Waals surface area contributed by atoms with Crippen LogP contribution in [0.2, 0.25) is 10.0 Å². The van der Waals surface area contributed by atoms with Crippen LogP contribution in [0.5, 0.6) is 0 Å². The first-order valence-corrected chi connectivity index (χ1v) is 11.9. The van der Waals surface area contributed by atoms with Crippen LogP contribution >= 0.6 is 45.8 Å². The van der Waals surface area contributed by atoms with E-state index >= 15 is 0 Å². The first-order valence-electron chi connectivity index (χ1n) is 10.1. The molecule has 1 fully saturated rings. The molecule has 0 saturated carbocycles. The van der Waals surface area contributed by atoms with Crippen molar-refractivity contribution in [3.05, 3.63) is 67.5 Å². The van der Waals surface area contributed by atoms with Crippen LogP contribution in [0, 0.1) is 3.57 Å². The average molecular weight is 573 g/mol. The van der Waals surface area contributed by atoms with E-state index in [2.05, 4.69) is 28.0 Å². The number of aliphatic hydroxyl groups is 2. The summed E-state index contributed by atoms with van der Waals surface area (Å²) in [6.07, 6.45) is 2.29.